The van der Waals surface area contributed by atoms with Crippen LogP contribution in [0.3, 0.4) is 0 Å². The number of carbonyl (C=O) groups is 1. The van der Waals surface area contributed by atoms with Crippen molar-refractivity contribution in [2.75, 3.05) is 7.11 Å². The SMILES string of the molecule is C#CC(C)(C)NC(=O)C(C)OC. The quantitative estimate of drug-likeness (QED) is 0.626. The van der Waals surface area contributed by atoms with Crippen LogP contribution in [0.4, 0.5) is 0 Å². The lowest BCUT2D eigenvalue weighted by molar-refractivity contribution is -0.131. The first kappa shape index (κ1) is 11.0. The van der Waals surface area contributed by atoms with Crippen LogP contribution < -0.4 is 5.32 Å². The topological polar surface area (TPSA) is 38.3 Å². The molecule has 1 amide bonds. The van der Waals surface area contributed by atoms with Gasteiger partial charge in [0.05, 0.1) is 5.54 Å². The first-order valence-corrected chi connectivity index (χ1v) is 3.75. The molecule has 0 aromatic carbocycles. The summed E-state index contributed by atoms with van der Waals surface area (Å²) < 4.78 is 4.82. The van der Waals surface area contributed by atoms with Gasteiger partial charge < -0.3 is 10.1 Å². The Labute approximate surface area is 73.5 Å². The van der Waals surface area contributed by atoms with E-state index in [2.05, 4.69) is 11.2 Å². The molecule has 0 bridgehead atoms. The van der Waals surface area contributed by atoms with Crippen LogP contribution in [0.5, 0.6) is 0 Å². The minimum absolute atomic E-state index is 0.194. The lowest BCUT2D eigenvalue weighted by atomic mass is 10.1. The Morgan fingerprint density at radius 3 is 2.50 bits per heavy atom. The summed E-state index contributed by atoms with van der Waals surface area (Å²) in [7, 11) is 1.48. The van der Waals surface area contributed by atoms with Gasteiger partial charge in [-0.2, -0.15) is 0 Å². The molecule has 1 N–H and O–H groups in total. The van der Waals surface area contributed by atoms with E-state index in [0.29, 0.717) is 0 Å². The Morgan fingerprint density at radius 1 is 1.67 bits per heavy atom. The zero-order valence-electron chi connectivity index (χ0n) is 7.97. The molecule has 0 saturated heterocycles. The summed E-state index contributed by atoms with van der Waals surface area (Å²) in [6, 6.07) is 0. The van der Waals surface area contributed by atoms with Crippen LogP contribution in [0, 0.1) is 12.3 Å². The molecule has 1 atom stereocenters. The van der Waals surface area contributed by atoms with Gasteiger partial charge in [0.1, 0.15) is 6.10 Å². The molecule has 0 spiro atoms. The van der Waals surface area contributed by atoms with Gasteiger partial charge in [0, 0.05) is 7.11 Å². The third-order valence-electron chi connectivity index (χ3n) is 1.52. The van der Waals surface area contributed by atoms with E-state index in [1.165, 1.54) is 7.11 Å². The zero-order valence-corrected chi connectivity index (χ0v) is 7.97. The van der Waals surface area contributed by atoms with Gasteiger partial charge in [-0.15, -0.1) is 6.42 Å². The molecule has 12 heavy (non-hydrogen) atoms. The summed E-state index contributed by atoms with van der Waals surface area (Å²) in [6.07, 6.45) is 4.73. The maximum atomic E-state index is 11.2. The standard InChI is InChI=1S/C9H15NO2/c1-6-9(3,4)10-8(11)7(2)12-5/h1,7H,2-5H3,(H,10,11). The van der Waals surface area contributed by atoms with Gasteiger partial charge in [-0.1, -0.05) is 5.92 Å². The van der Waals surface area contributed by atoms with E-state index in [1.54, 1.807) is 20.8 Å². The van der Waals surface area contributed by atoms with Crippen molar-refractivity contribution in [3.63, 3.8) is 0 Å². The summed E-state index contributed by atoms with van der Waals surface area (Å²) in [5, 5.41) is 2.66. The molecule has 0 heterocycles. The fourth-order valence-corrected chi connectivity index (χ4v) is 0.553. The van der Waals surface area contributed by atoms with Gasteiger partial charge in [0.15, 0.2) is 0 Å². The van der Waals surface area contributed by atoms with E-state index in [0.717, 1.165) is 0 Å². The van der Waals surface area contributed by atoms with Crippen LogP contribution in [-0.4, -0.2) is 24.7 Å². The number of rotatable bonds is 3. The predicted octanol–water partition coefficient (Wildman–Crippen LogP) is 0.549. The van der Waals surface area contributed by atoms with Crippen molar-refractivity contribution in [3.05, 3.63) is 0 Å². The fourth-order valence-electron chi connectivity index (χ4n) is 0.553. The zero-order chi connectivity index (χ0) is 9.78. The summed E-state index contributed by atoms with van der Waals surface area (Å²) in [6.45, 7) is 5.18. The van der Waals surface area contributed by atoms with Crippen LogP contribution in [0.25, 0.3) is 0 Å². The Bertz CT molecular complexity index is 203. The molecular weight excluding hydrogens is 154 g/mol. The number of hydrogen-bond acceptors (Lipinski definition) is 2. The minimum Gasteiger partial charge on any atom is -0.372 e. The maximum absolute atomic E-state index is 11.2. The number of amides is 1. The molecule has 0 radical (unpaired) electrons. The fraction of sp³-hybridized carbons (Fsp3) is 0.667. The molecule has 0 aliphatic heterocycles. The molecule has 0 saturated carbocycles. The number of nitrogens with one attached hydrogen (secondary N) is 1. The molecular formula is C9H15NO2. The highest BCUT2D eigenvalue weighted by Gasteiger charge is 2.20. The van der Waals surface area contributed by atoms with Gasteiger partial charge >= 0.3 is 0 Å². The van der Waals surface area contributed by atoms with Crippen LogP contribution >= 0.6 is 0 Å². The highest BCUT2D eigenvalue weighted by molar-refractivity contribution is 5.81. The van der Waals surface area contributed by atoms with Crippen molar-refractivity contribution in [2.45, 2.75) is 32.4 Å². The summed E-state index contributed by atoms with van der Waals surface area (Å²) in [5.41, 5.74) is -0.607. The molecule has 0 fully saturated rings. The van der Waals surface area contributed by atoms with Crippen LogP contribution in [0.15, 0.2) is 0 Å². The van der Waals surface area contributed by atoms with Crippen LogP contribution in [0.2, 0.25) is 0 Å². The van der Waals surface area contributed by atoms with E-state index in [1.807, 2.05) is 0 Å². The lowest BCUT2D eigenvalue weighted by Crippen LogP contribution is -2.46. The molecule has 0 aliphatic rings. The highest BCUT2D eigenvalue weighted by atomic mass is 16.5. The van der Waals surface area contributed by atoms with Gasteiger partial charge in [-0.05, 0) is 20.8 Å². The number of terminal acetylenes is 1. The van der Waals surface area contributed by atoms with Gasteiger partial charge in [-0.25, -0.2) is 0 Å². The van der Waals surface area contributed by atoms with Crippen molar-refractivity contribution in [3.8, 4) is 12.3 Å². The second kappa shape index (κ2) is 4.13. The second-order valence-electron chi connectivity index (χ2n) is 3.14. The molecule has 1 unspecified atom stereocenters. The van der Waals surface area contributed by atoms with Gasteiger partial charge in [0.25, 0.3) is 0 Å². The number of methoxy groups -OCH3 is 1. The minimum atomic E-state index is -0.607. The van der Waals surface area contributed by atoms with Crippen LogP contribution in [-0.2, 0) is 9.53 Å². The highest BCUT2D eigenvalue weighted by Crippen LogP contribution is 2.00. The summed E-state index contributed by atoms with van der Waals surface area (Å²) in [4.78, 5) is 11.2. The monoisotopic (exact) mass is 169 g/mol. The van der Waals surface area contributed by atoms with Crippen molar-refractivity contribution in [2.24, 2.45) is 0 Å². The Kier molecular flexibility index (Phi) is 3.78. The van der Waals surface area contributed by atoms with E-state index >= 15 is 0 Å². The molecule has 3 nitrogen and oxygen atoms in total. The Balaban J connectivity index is 4.12. The molecule has 0 aliphatic carbocycles. The summed E-state index contributed by atoms with van der Waals surface area (Å²) >= 11 is 0. The van der Waals surface area contributed by atoms with Crippen molar-refractivity contribution in [1.82, 2.24) is 5.32 Å². The summed E-state index contributed by atoms with van der Waals surface area (Å²) in [5.74, 6) is 2.27. The largest absolute Gasteiger partial charge is 0.372 e. The van der Waals surface area contributed by atoms with E-state index in [4.69, 9.17) is 11.2 Å². The number of hydrogen-bond donors (Lipinski definition) is 1. The third-order valence-corrected chi connectivity index (χ3v) is 1.52. The van der Waals surface area contributed by atoms with Crippen LogP contribution in [0.1, 0.15) is 20.8 Å². The average molecular weight is 169 g/mol. The van der Waals surface area contributed by atoms with Crippen molar-refractivity contribution >= 4 is 5.91 Å². The maximum Gasteiger partial charge on any atom is 0.249 e. The number of carbonyl (C=O) groups excluding carboxylic acids is 1. The molecule has 0 aromatic heterocycles. The normalized spacial score (nSPS) is 13.2. The Morgan fingerprint density at radius 2 is 2.17 bits per heavy atom. The molecule has 0 aromatic rings. The average Bonchev–Trinajstić information content (AvgIpc) is 2.02. The smallest absolute Gasteiger partial charge is 0.249 e. The van der Waals surface area contributed by atoms with Crippen molar-refractivity contribution < 1.29 is 9.53 Å². The lowest BCUT2D eigenvalue weighted by Gasteiger charge is -2.21. The van der Waals surface area contributed by atoms with Crippen molar-refractivity contribution in [1.29, 1.82) is 0 Å². The molecule has 3 heteroatoms. The van der Waals surface area contributed by atoms with Gasteiger partial charge in [-0.3, -0.25) is 4.79 Å². The first-order chi connectivity index (χ1) is 5.43. The third kappa shape index (κ3) is 3.40. The Hall–Kier alpha value is -1.01. The van der Waals surface area contributed by atoms with E-state index < -0.39 is 11.6 Å². The molecule has 0 rings (SSSR count). The van der Waals surface area contributed by atoms with Gasteiger partial charge in [0.2, 0.25) is 5.91 Å². The van der Waals surface area contributed by atoms with E-state index in [-0.39, 0.29) is 5.91 Å². The number of ether oxygens (including phenoxy) is 1. The predicted molar refractivity (Wildman–Crippen MR) is 47.5 cm³/mol. The first-order valence-electron chi connectivity index (χ1n) is 3.75. The molecule has 68 valence electrons. The second-order valence-corrected chi connectivity index (χ2v) is 3.14. The van der Waals surface area contributed by atoms with E-state index in [9.17, 15) is 4.79 Å².